The van der Waals surface area contributed by atoms with E-state index < -0.39 is 0 Å². The molecular weight excluding hydrogens is 340 g/mol. The third kappa shape index (κ3) is 4.68. The number of carbonyl (C=O) groups excluding carboxylic acids is 1. The number of amides is 1. The van der Waals surface area contributed by atoms with Gasteiger partial charge in [0.2, 0.25) is 0 Å². The fourth-order valence-corrected chi connectivity index (χ4v) is 3.26. The van der Waals surface area contributed by atoms with Crippen LogP contribution in [0.1, 0.15) is 15.9 Å². The van der Waals surface area contributed by atoms with Crippen molar-refractivity contribution in [2.45, 2.75) is 0 Å². The maximum atomic E-state index is 12.9. The van der Waals surface area contributed by atoms with Gasteiger partial charge in [-0.3, -0.25) is 9.69 Å². The summed E-state index contributed by atoms with van der Waals surface area (Å²) < 4.78 is 10.7. The Morgan fingerprint density at radius 3 is 2.37 bits per heavy atom. The molecule has 0 unspecified atom stereocenters. The van der Waals surface area contributed by atoms with Gasteiger partial charge in [0.1, 0.15) is 0 Å². The highest BCUT2D eigenvalue weighted by Crippen LogP contribution is 2.31. The summed E-state index contributed by atoms with van der Waals surface area (Å²) in [6.45, 7) is 4.02. The van der Waals surface area contributed by atoms with Gasteiger partial charge in [0.25, 0.3) is 5.91 Å². The number of piperazine rings is 1. The lowest BCUT2D eigenvalue weighted by atomic mass is 10.1. The first kappa shape index (κ1) is 19.0. The fraction of sp³-hybridized carbons (Fsp3) is 0.318. The molecule has 1 amide bonds. The van der Waals surface area contributed by atoms with E-state index in [-0.39, 0.29) is 5.91 Å². The number of hydrogen-bond donors (Lipinski definition) is 0. The first-order valence-electron chi connectivity index (χ1n) is 9.17. The van der Waals surface area contributed by atoms with Crippen LogP contribution >= 0.6 is 0 Å². The molecule has 5 heteroatoms. The van der Waals surface area contributed by atoms with Crippen LogP contribution in [0.15, 0.2) is 54.6 Å². The summed E-state index contributed by atoms with van der Waals surface area (Å²) in [5.74, 6) is 1.07. The first-order valence-corrected chi connectivity index (χ1v) is 9.17. The summed E-state index contributed by atoms with van der Waals surface area (Å²) in [5.41, 5.74) is 1.76. The summed E-state index contributed by atoms with van der Waals surface area (Å²) in [6.07, 6.45) is 4.32. The minimum Gasteiger partial charge on any atom is -0.493 e. The molecule has 0 radical (unpaired) electrons. The van der Waals surface area contributed by atoms with Gasteiger partial charge in [-0.25, -0.2) is 0 Å². The van der Waals surface area contributed by atoms with E-state index in [9.17, 15) is 4.79 Å². The molecule has 0 saturated carbocycles. The lowest BCUT2D eigenvalue weighted by molar-refractivity contribution is 0.0646. The maximum absolute atomic E-state index is 12.9. The smallest absolute Gasteiger partial charge is 0.257 e. The van der Waals surface area contributed by atoms with Crippen molar-refractivity contribution in [2.24, 2.45) is 0 Å². The zero-order valence-electron chi connectivity index (χ0n) is 15.9. The van der Waals surface area contributed by atoms with Crippen molar-refractivity contribution in [1.82, 2.24) is 9.80 Å². The lowest BCUT2D eigenvalue weighted by Gasteiger charge is -2.34. The second kappa shape index (κ2) is 9.24. The molecule has 2 aromatic rings. The number of nitrogens with zero attached hydrogens (tertiary/aromatic N) is 2. The van der Waals surface area contributed by atoms with E-state index in [0.717, 1.165) is 19.6 Å². The number of methoxy groups -OCH3 is 2. The van der Waals surface area contributed by atoms with Crippen LogP contribution in [0, 0.1) is 0 Å². The van der Waals surface area contributed by atoms with Gasteiger partial charge < -0.3 is 14.4 Å². The highest BCUT2D eigenvalue weighted by atomic mass is 16.5. The van der Waals surface area contributed by atoms with Crippen LogP contribution < -0.4 is 9.47 Å². The Labute approximate surface area is 160 Å². The monoisotopic (exact) mass is 366 g/mol. The number of ether oxygens (including phenoxy) is 2. The van der Waals surface area contributed by atoms with Gasteiger partial charge in [0.15, 0.2) is 11.5 Å². The molecule has 5 nitrogen and oxygen atoms in total. The van der Waals surface area contributed by atoms with Gasteiger partial charge in [-0.2, -0.15) is 0 Å². The maximum Gasteiger partial charge on any atom is 0.257 e. The van der Waals surface area contributed by atoms with Crippen LogP contribution in [-0.4, -0.2) is 62.7 Å². The Bertz CT molecular complexity index is 781. The molecule has 1 aliphatic rings. The highest BCUT2D eigenvalue weighted by Gasteiger charge is 2.25. The quantitative estimate of drug-likeness (QED) is 0.788. The second-order valence-corrected chi connectivity index (χ2v) is 6.45. The molecule has 1 aliphatic heterocycles. The van der Waals surface area contributed by atoms with Gasteiger partial charge in [-0.15, -0.1) is 0 Å². The van der Waals surface area contributed by atoms with Gasteiger partial charge in [0.05, 0.1) is 19.8 Å². The first-order chi connectivity index (χ1) is 13.2. The minimum absolute atomic E-state index is 0.00905. The van der Waals surface area contributed by atoms with Crippen LogP contribution in [0.5, 0.6) is 11.5 Å². The third-order valence-electron chi connectivity index (χ3n) is 4.77. The number of hydrogen-bond acceptors (Lipinski definition) is 4. The molecule has 1 saturated heterocycles. The van der Waals surface area contributed by atoms with E-state index in [1.54, 1.807) is 26.4 Å². The van der Waals surface area contributed by atoms with E-state index >= 15 is 0 Å². The van der Waals surface area contributed by atoms with E-state index in [1.807, 2.05) is 29.2 Å². The van der Waals surface area contributed by atoms with E-state index in [1.165, 1.54) is 5.56 Å². The molecule has 0 spiro atoms. The Morgan fingerprint density at radius 2 is 1.70 bits per heavy atom. The second-order valence-electron chi connectivity index (χ2n) is 6.45. The number of benzene rings is 2. The van der Waals surface area contributed by atoms with Crippen molar-refractivity contribution in [2.75, 3.05) is 46.9 Å². The molecule has 0 aliphatic carbocycles. The summed E-state index contributed by atoms with van der Waals surface area (Å²) >= 11 is 0. The molecular formula is C22H26N2O3. The Hall–Kier alpha value is -2.79. The predicted molar refractivity (Wildman–Crippen MR) is 107 cm³/mol. The van der Waals surface area contributed by atoms with Gasteiger partial charge in [-0.05, 0) is 17.7 Å². The van der Waals surface area contributed by atoms with Crippen LogP contribution in [0.4, 0.5) is 0 Å². The molecule has 1 heterocycles. The van der Waals surface area contributed by atoms with E-state index in [4.69, 9.17) is 9.47 Å². The Morgan fingerprint density at radius 1 is 0.963 bits per heavy atom. The summed E-state index contributed by atoms with van der Waals surface area (Å²) in [6, 6.07) is 15.7. The average molecular weight is 366 g/mol. The molecule has 2 aromatic carbocycles. The van der Waals surface area contributed by atoms with Crippen molar-refractivity contribution >= 4 is 12.0 Å². The van der Waals surface area contributed by atoms with Crippen LogP contribution in [0.3, 0.4) is 0 Å². The molecule has 1 fully saturated rings. The zero-order chi connectivity index (χ0) is 19.1. The normalized spacial score (nSPS) is 15.1. The highest BCUT2D eigenvalue weighted by molar-refractivity contribution is 5.97. The van der Waals surface area contributed by atoms with Crippen molar-refractivity contribution < 1.29 is 14.3 Å². The van der Waals surface area contributed by atoms with Crippen molar-refractivity contribution in [1.29, 1.82) is 0 Å². The molecule has 0 bridgehead atoms. The van der Waals surface area contributed by atoms with Crippen LogP contribution in [0.25, 0.3) is 6.08 Å². The van der Waals surface area contributed by atoms with Gasteiger partial charge in [-0.1, -0.05) is 48.6 Å². The van der Waals surface area contributed by atoms with Crippen LogP contribution in [0.2, 0.25) is 0 Å². The van der Waals surface area contributed by atoms with Gasteiger partial charge >= 0.3 is 0 Å². The van der Waals surface area contributed by atoms with E-state index in [0.29, 0.717) is 30.2 Å². The third-order valence-corrected chi connectivity index (χ3v) is 4.77. The average Bonchev–Trinajstić information content (AvgIpc) is 2.73. The van der Waals surface area contributed by atoms with Crippen LogP contribution in [-0.2, 0) is 0 Å². The molecule has 27 heavy (non-hydrogen) atoms. The van der Waals surface area contributed by atoms with Gasteiger partial charge in [0, 0.05) is 32.7 Å². The number of rotatable bonds is 6. The number of para-hydroxylation sites is 1. The fourth-order valence-electron chi connectivity index (χ4n) is 3.26. The number of carbonyl (C=O) groups is 1. The summed E-state index contributed by atoms with van der Waals surface area (Å²) in [5, 5.41) is 0. The lowest BCUT2D eigenvalue weighted by Crippen LogP contribution is -2.48. The molecule has 0 aromatic heterocycles. The Kier molecular flexibility index (Phi) is 6.49. The van der Waals surface area contributed by atoms with Crippen molar-refractivity contribution in [3.63, 3.8) is 0 Å². The molecule has 0 atom stereocenters. The Balaban J connectivity index is 1.56. The topological polar surface area (TPSA) is 42.0 Å². The summed E-state index contributed by atoms with van der Waals surface area (Å²) in [7, 11) is 3.14. The summed E-state index contributed by atoms with van der Waals surface area (Å²) in [4.78, 5) is 17.1. The molecule has 3 rings (SSSR count). The van der Waals surface area contributed by atoms with Crippen molar-refractivity contribution in [3.8, 4) is 11.5 Å². The molecule has 0 N–H and O–H groups in total. The SMILES string of the molecule is COc1cccc(C(=O)N2CCN(C/C=C/c3ccccc3)CC2)c1OC. The largest absolute Gasteiger partial charge is 0.493 e. The zero-order valence-corrected chi connectivity index (χ0v) is 15.9. The van der Waals surface area contributed by atoms with Crippen molar-refractivity contribution in [3.05, 3.63) is 65.7 Å². The predicted octanol–water partition coefficient (Wildman–Crippen LogP) is 3.18. The standard InChI is InChI=1S/C22H26N2O3/c1-26-20-12-6-11-19(21(20)27-2)22(25)24-16-14-23(15-17-24)13-7-10-18-8-4-3-5-9-18/h3-12H,13-17H2,1-2H3/b10-7+. The molecule has 142 valence electrons. The minimum atomic E-state index is -0.00905. The van der Waals surface area contributed by atoms with E-state index in [2.05, 4.69) is 29.2 Å².